The number of nitrogens with one attached hydrogen (secondary N) is 1. The zero-order valence-electron chi connectivity index (χ0n) is 21.2. The molecule has 2 aromatic rings. The fraction of sp³-hybridized carbons (Fsp3) is 0.571. The van der Waals surface area contributed by atoms with Gasteiger partial charge < -0.3 is 9.64 Å². The summed E-state index contributed by atoms with van der Waals surface area (Å²) in [5.74, 6) is 0.373. The van der Waals surface area contributed by atoms with E-state index in [4.69, 9.17) is 4.74 Å². The van der Waals surface area contributed by atoms with Gasteiger partial charge in [0, 0.05) is 31.9 Å². The second kappa shape index (κ2) is 13.1. The van der Waals surface area contributed by atoms with Crippen LogP contribution in [0.2, 0.25) is 0 Å². The van der Waals surface area contributed by atoms with Gasteiger partial charge >= 0.3 is 0 Å². The van der Waals surface area contributed by atoms with Gasteiger partial charge in [-0.3, -0.25) is 4.72 Å². The average molecular weight is 521 g/mol. The molecule has 0 bridgehead atoms. The third-order valence-corrected chi connectivity index (χ3v) is 8.63. The number of ether oxygens (including phenoxy) is 1. The molecule has 1 aliphatic carbocycles. The van der Waals surface area contributed by atoms with Gasteiger partial charge in [-0.2, -0.15) is 0 Å². The maximum atomic E-state index is 12.9. The Labute approximate surface area is 218 Å². The van der Waals surface area contributed by atoms with Crippen LogP contribution in [0.15, 0.2) is 47.4 Å². The van der Waals surface area contributed by atoms with Crippen molar-refractivity contribution in [3.8, 4) is 0 Å². The molecule has 5 nitrogen and oxygen atoms in total. The van der Waals surface area contributed by atoms with Crippen molar-refractivity contribution in [3.05, 3.63) is 59.2 Å². The van der Waals surface area contributed by atoms with Crippen LogP contribution in [0.25, 0.3) is 0 Å². The zero-order valence-corrected chi connectivity index (χ0v) is 22.8. The Bertz CT molecular complexity index is 1030. The lowest BCUT2D eigenvalue weighted by Crippen LogP contribution is -2.29. The minimum Gasteiger partial charge on any atom is -0.378 e. The number of hydrogen-bond donors (Lipinski definition) is 1. The maximum Gasteiger partial charge on any atom is 0.261 e. The van der Waals surface area contributed by atoms with Crippen molar-refractivity contribution in [1.82, 2.24) is 4.90 Å². The summed E-state index contributed by atoms with van der Waals surface area (Å²) in [6.07, 6.45) is 9.96. The van der Waals surface area contributed by atoms with Gasteiger partial charge in [-0.25, -0.2) is 8.42 Å². The standard InChI is InChI=1S/C28H40N2O3S.ClH/c1-22(2)23-10-13-28(14-11-23)34(31,32)29-26-12-9-24-15-18-30(19-16-25(24)21-26)17-6-20-33-27-7-4-3-5-8-27;/h9-14,21-22,27,29H,3-8,15-20H2,1-2H3;1H. The fourth-order valence-electron chi connectivity index (χ4n) is 5.07. The molecular weight excluding hydrogens is 480 g/mol. The van der Waals surface area contributed by atoms with Crippen LogP contribution in [0.3, 0.4) is 0 Å². The lowest BCUT2D eigenvalue weighted by atomic mass is 9.98. The predicted molar refractivity (Wildman–Crippen MR) is 146 cm³/mol. The molecular formula is C28H41ClN2O3S. The minimum absolute atomic E-state index is 0. The number of halogens is 1. The van der Waals surface area contributed by atoms with E-state index in [2.05, 4.69) is 29.5 Å². The van der Waals surface area contributed by atoms with Gasteiger partial charge in [-0.05, 0) is 79.0 Å². The molecule has 0 atom stereocenters. The van der Waals surface area contributed by atoms with Gasteiger partial charge in [0.15, 0.2) is 0 Å². The Morgan fingerprint density at radius 2 is 1.66 bits per heavy atom. The van der Waals surface area contributed by atoms with Crippen LogP contribution < -0.4 is 4.72 Å². The SMILES string of the molecule is CC(C)c1ccc(S(=O)(=O)Nc2ccc3c(c2)CCN(CCCOC2CCCCC2)CC3)cc1.Cl. The molecule has 2 aromatic carbocycles. The van der Waals surface area contributed by atoms with E-state index in [1.54, 1.807) is 12.1 Å². The molecule has 1 heterocycles. The largest absolute Gasteiger partial charge is 0.378 e. The summed E-state index contributed by atoms with van der Waals surface area (Å²) in [4.78, 5) is 2.82. The normalized spacial score (nSPS) is 17.5. The average Bonchev–Trinajstić information content (AvgIpc) is 3.04. The van der Waals surface area contributed by atoms with Gasteiger partial charge in [-0.15, -0.1) is 12.4 Å². The first-order valence-electron chi connectivity index (χ1n) is 13.0. The molecule has 0 amide bonds. The van der Waals surface area contributed by atoms with E-state index in [0.717, 1.165) is 51.1 Å². The van der Waals surface area contributed by atoms with Gasteiger partial charge in [0.2, 0.25) is 0 Å². The first-order chi connectivity index (χ1) is 16.4. The van der Waals surface area contributed by atoms with Crippen LogP contribution in [0, 0.1) is 0 Å². The van der Waals surface area contributed by atoms with Gasteiger partial charge in [0.05, 0.1) is 11.0 Å². The highest BCUT2D eigenvalue weighted by Crippen LogP contribution is 2.24. The number of hydrogen-bond acceptors (Lipinski definition) is 4. The molecule has 1 saturated carbocycles. The first kappa shape index (κ1) is 28.0. The summed E-state index contributed by atoms with van der Waals surface area (Å²) < 4.78 is 34.7. The number of nitrogens with zero attached hydrogens (tertiary/aromatic N) is 1. The first-order valence-corrected chi connectivity index (χ1v) is 14.5. The Balaban J connectivity index is 0.00000342. The Kier molecular flexibility index (Phi) is 10.5. The predicted octanol–water partition coefficient (Wildman–Crippen LogP) is 6.17. The van der Waals surface area contributed by atoms with Crippen molar-refractivity contribution in [1.29, 1.82) is 0 Å². The molecule has 1 aliphatic heterocycles. The second-order valence-electron chi connectivity index (χ2n) is 10.1. The fourth-order valence-corrected chi connectivity index (χ4v) is 6.12. The molecule has 0 spiro atoms. The Hall–Kier alpha value is -1.60. The van der Waals surface area contributed by atoms with E-state index in [1.165, 1.54) is 43.2 Å². The molecule has 0 unspecified atom stereocenters. The summed E-state index contributed by atoms with van der Waals surface area (Å²) >= 11 is 0. The van der Waals surface area contributed by atoms with Crippen LogP contribution in [0.4, 0.5) is 5.69 Å². The van der Waals surface area contributed by atoms with Gasteiger partial charge in [-0.1, -0.05) is 51.3 Å². The van der Waals surface area contributed by atoms with E-state index >= 15 is 0 Å². The van der Waals surface area contributed by atoms with Crippen LogP contribution in [-0.4, -0.2) is 45.7 Å². The highest BCUT2D eigenvalue weighted by Gasteiger charge is 2.18. The summed E-state index contributed by atoms with van der Waals surface area (Å²) in [5, 5.41) is 0. The van der Waals surface area contributed by atoms with Crippen molar-refractivity contribution in [2.75, 3.05) is 31.0 Å². The minimum atomic E-state index is -3.60. The molecule has 1 fully saturated rings. The van der Waals surface area contributed by atoms with Crippen LogP contribution in [0.5, 0.6) is 0 Å². The topological polar surface area (TPSA) is 58.6 Å². The number of rotatable bonds is 9. The molecule has 0 aromatic heterocycles. The van der Waals surface area contributed by atoms with Crippen molar-refractivity contribution < 1.29 is 13.2 Å². The Morgan fingerprint density at radius 1 is 0.971 bits per heavy atom. The smallest absolute Gasteiger partial charge is 0.261 e. The molecule has 35 heavy (non-hydrogen) atoms. The molecule has 7 heteroatoms. The summed E-state index contributed by atoms with van der Waals surface area (Å²) in [6, 6.07) is 13.2. The van der Waals surface area contributed by atoms with Gasteiger partial charge in [0.25, 0.3) is 10.0 Å². The monoisotopic (exact) mass is 520 g/mol. The third kappa shape index (κ3) is 7.94. The van der Waals surface area contributed by atoms with Crippen molar-refractivity contribution in [3.63, 3.8) is 0 Å². The van der Waals surface area contributed by atoms with Crippen LogP contribution >= 0.6 is 12.4 Å². The number of benzene rings is 2. The lowest BCUT2D eigenvalue weighted by Gasteiger charge is -2.23. The summed E-state index contributed by atoms with van der Waals surface area (Å²) in [5.41, 5.74) is 4.34. The van der Waals surface area contributed by atoms with Crippen molar-refractivity contribution in [2.24, 2.45) is 0 Å². The maximum absolute atomic E-state index is 12.9. The van der Waals surface area contributed by atoms with E-state index in [1.807, 2.05) is 24.3 Å². The van der Waals surface area contributed by atoms with E-state index < -0.39 is 10.0 Å². The molecule has 1 N–H and O–H groups in total. The summed E-state index contributed by atoms with van der Waals surface area (Å²) in [6.45, 7) is 8.17. The third-order valence-electron chi connectivity index (χ3n) is 7.23. The van der Waals surface area contributed by atoms with Crippen LogP contribution in [0.1, 0.15) is 75.0 Å². The second-order valence-corrected chi connectivity index (χ2v) is 11.8. The zero-order chi connectivity index (χ0) is 24.0. The van der Waals surface area contributed by atoms with E-state index in [-0.39, 0.29) is 12.4 Å². The quantitative estimate of drug-likeness (QED) is 0.401. The lowest BCUT2D eigenvalue weighted by molar-refractivity contribution is 0.0236. The number of sulfonamides is 1. The number of fused-ring (bicyclic) bond motifs is 1. The van der Waals surface area contributed by atoms with E-state index in [9.17, 15) is 8.42 Å². The van der Waals surface area contributed by atoms with Crippen molar-refractivity contribution >= 4 is 28.1 Å². The van der Waals surface area contributed by atoms with Crippen LogP contribution in [-0.2, 0) is 27.6 Å². The highest BCUT2D eigenvalue weighted by atomic mass is 35.5. The van der Waals surface area contributed by atoms with Crippen molar-refractivity contribution in [2.45, 2.75) is 82.1 Å². The molecule has 2 aliphatic rings. The molecule has 0 radical (unpaired) electrons. The Morgan fingerprint density at radius 3 is 2.34 bits per heavy atom. The highest BCUT2D eigenvalue weighted by molar-refractivity contribution is 7.92. The molecule has 0 saturated heterocycles. The summed E-state index contributed by atoms with van der Waals surface area (Å²) in [7, 11) is -3.60. The molecule has 194 valence electrons. The van der Waals surface area contributed by atoms with Gasteiger partial charge in [0.1, 0.15) is 0 Å². The number of anilines is 1. The van der Waals surface area contributed by atoms with E-state index in [0.29, 0.717) is 22.6 Å². The molecule has 4 rings (SSSR count).